The molecule has 0 unspecified atom stereocenters. The molecule has 4 rings (SSSR count). The predicted octanol–water partition coefficient (Wildman–Crippen LogP) is 3.34. The van der Waals surface area contributed by atoms with E-state index in [2.05, 4.69) is 0 Å². The lowest BCUT2D eigenvalue weighted by Gasteiger charge is -2.19. The first kappa shape index (κ1) is 21.3. The van der Waals surface area contributed by atoms with Crippen molar-refractivity contribution in [3.05, 3.63) is 102 Å². The minimum Gasteiger partial charge on any atom is -0.487 e. The maximum Gasteiger partial charge on any atom is 0.326 e. The van der Waals surface area contributed by atoms with Gasteiger partial charge in [-0.25, -0.2) is 9.03 Å². The lowest BCUT2D eigenvalue weighted by molar-refractivity contribution is -0.117. The zero-order chi connectivity index (χ0) is 22.6. The van der Waals surface area contributed by atoms with E-state index in [1.54, 1.807) is 48.5 Å². The van der Waals surface area contributed by atoms with Crippen LogP contribution in [0, 0.1) is 0 Å². The zero-order valence-electron chi connectivity index (χ0n) is 17.0. The van der Waals surface area contributed by atoms with Gasteiger partial charge in [0.25, 0.3) is 5.91 Å². The average molecular weight is 449 g/mol. The lowest BCUT2D eigenvalue weighted by atomic mass is 10.1. The number of ketones is 1. The molecule has 3 aromatic rings. The summed E-state index contributed by atoms with van der Waals surface area (Å²) in [6.45, 7) is -0.120. The number of hydrogen-bond donors (Lipinski definition) is 1. The highest BCUT2D eigenvalue weighted by molar-refractivity contribution is 7.92. The summed E-state index contributed by atoms with van der Waals surface area (Å²) >= 11 is 0. The van der Waals surface area contributed by atoms with E-state index < -0.39 is 16.1 Å². The Morgan fingerprint density at radius 1 is 1.00 bits per heavy atom. The fraction of sp³-hybridized carbons (Fsp3) is 0.0833. The number of carbonyl (C=O) groups excluding carboxylic acids is 2. The number of amides is 1. The van der Waals surface area contributed by atoms with Crippen molar-refractivity contribution in [1.82, 2.24) is 4.72 Å². The summed E-state index contributed by atoms with van der Waals surface area (Å²) in [5.41, 5.74) is 2.36. The quantitative estimate of drug-likeness (QED) is 0.442. The van der Waals surface area contributed by atoms with Crippen molar-refractivity contribution in [3.8, 4) is 5.75 Å². The van der Waals surface area contributed by atoms with Crippen LogP contribution in [0.3, 0.4) is 0 Å². The molecule has 8 heteroatoms. The third kappa shape index (κ3) is 4.87. The Bertz CT molecular complexity index is 1270. The van der Waals surface area contributed by atoms with Crippen LogP contribution in [0.1, 0.15) is 21.5 Å². The summed E-state index contributed by atoms with van der Waals surface area (Å²) in [5, 5.41) is 0. The summed E-state index contributed by atoms with van der Waals surface area (Å²) in [6, 6.07) is 23.2. The van der Waals surface area contributed by atoms with Gasteiger partial charge in [0.05, 0.1) is 5.69 Å². The highest BCUT2D eigenvalue weighted by Gasteiger charge is 2.35. The van der Waals surface area contributed by atoms with Gasteiger partial charge in [0.2, 0.25) is 0 Å². The second-order valence-corrected chi connectivity index (χ2v) is 8.70. The second-order valence-electron chi connectivity index (χ2n) is 7.10. The van der Waals surface area contributed by atoms with Gasteiger partial charge >= 0.3 is 10.2 Å². The average Bonchev–Trinajstić information content (AvgIpc) is 3.09. The van der Waals surface area contributed by atoms with Crippen molar-refractivity contribution < 1.29 is 22.7 Å². The molecule has 3 aromatic carbocycles. The van der Waals surface area contributed by atoms with Gasteiger partial charge in [-0.2, -0.15) is 8.42 Å². The minimum absolute atomic E-state index is 0.154. The molecule has 1 saturated heterocycles. The van der Waals surface area contributed by atoms with Gasteiger partial charge in [-0.3, -0.25) is 9.59 Å². The molecule has 1 aliphatic rings. The molecule has 0 aromatic heterocycles. The Balaban J connectivity index is 1.64. The van der Waals surface area contributed by atoms with Crippen LogP contribution in [0.4, 0.5) is 5.69 Å². The van der Waals surface area contributed by atoms with Crippen LogP contribution in [0.5, 0.6) is 5.75 Å². The molecule has 162 valence electrons. The highest BCUT2D eigenvalue weighted by atomic mass is 32.2. The van der Waals surface area contributed by atoms with Crippen molar-refractivity contribution in [2.24, 2.45) is 0 Å². The maximum absolute atomic E-state index is 12.4. The number of hydrogen-bond acceptors (Lipinski definition) is 5. The number of rotatable bonds is 7. The standard InChI is InChI=1S/C24H20N2O5S/c27-22(20-9-5-2-6-10-20)14-12-18-11-13-21(26-16-24(28)25-32(26,29)30)23(15-18)31-17-19-7-3-1-4-8-19/h1-15H,16-17H2,(H,25,28). The topological polar surface area (TPSA) is 92.8 Å². The molecule has 1 amide bonds. The summed E-state index contributed by atoms with van der Waals surface area (Å²) in [6.07, 6.45) is 3.08. The number of ether oxygens (including phenoxy) is 1. The molecule has 0 saturated carbocycles. The van der Waals surface area contributed by atoms with E-state index in [1.165, 1.54) is 6.08 Å². The maximum atomic E-state index is 12.4. The van der Waals surface area contributed by atoms with E-state index in [0.717, 1.165) is 9.87 Å². The van der Waals surface area contributed by atoms with Crippen LogP contribution >= 0.6 is 0 Å². The molecule has 1 aliphatic heterocycles. The Kier molecular flexibility index (Phi) is 6.04. The summed E-state index contributed by atoms with van der Waals surface area (Å²) in [7, 11) is -3.99. The highest BCUT2D eigenvalue weighted by Crippen LogP contribution is 2.33. The second kappa shape index (κ2) is 9.07. The smallest absolute Gasteiger partial charge is 0.326 e. The molecule has 0 spiro atoms. The largest absolute Gasteiger partial charge is 0.487 e. The summed E-state index contributed by atoms with van der Waals surface area (Å²) in [4.78, 5) is 24.1. The molecule has 0 atom stereocenters. The summed E-state index contributed by atoms with van der Waals surface area (Å²) < 4.78 is 33.5. The third-order valence-electron chi connectivity index (χ3n) is 4.80. The Labute approximate surface area is 186 Å². The monoisotopic (exact) mass is 448 g/mol. The molecule has 1 N–H and O–H groups in total. The van der Waals surface area contributed by atoms with Gasteiger partial charge < -0.3 is 4.74 Å². The van der Waals surface area contributed by atoms with Crippen LogP contribution in [-0.2, 0) is 21.6 Å². The van der Waals surface area contributed by atoms with Crippen molar-refractivity contribution in [1.29, 1.82) is 0 Å². The lowest BCUT2D eigenvalue weighted by Crippen LogP contribution is -2.29. The molecule has 0 radical (unpaired) electrons. The minimum atomic E-state index is -3.99. The first-order chi connectivity index (χ1) is 15.4. The Morgan fingerprint density at radius 2 is 1.69 bits per heavy atom. The molecular formula is C24H20N2O5S. The Hall–Kier alpha value is -3.91. The third-order valence-corrected chi connectivity index (χ3v) is 6.19. The number of carbonyl (C=O) groups is 2. The molecular weight excluding hydrogens is 428 g/mol. The normalized spacial score (nSPS) is 15.0. The van der Waals surface area contributed by atoms with Crippen LogP contribution in [-0.4, -0.2) is 26.7 Å². The number of nitrogens with zero attached hydrogens (tertiary/aromatic N) is 1. The van der Waals surface area contributed by atoms with Crippen LogP contribution in [0.25, 0.3) is 6.08 Å². The van der Waals surface area contributed by atoms with Crippen LogP contribution in [0.2, 0.25) is 0 Å². The number of allylic oxidation sites excluding steroid dienone is 1. The SMILES string of the molecule is O=C1CN(c2ccc(C=CC(=O)c3ccccc3)cc2OCc2ccccc2)S(=O)(=O)N1. The van der Waals surface area contributed by atoms with E-state index in [0.29, 0.717) is 11.1 Å². The molecule has 0 aliphatic carbocycles. The van der Waals surface area contributed by atoms with Gasteiger partial charge in [0.1, 0.15) is 18.9 Å². The van der Waals surface area contributed by atoms with Gasteiger partial charge in [-0.1, -0.05) is 72.8 Å². The summed E-state index contributed by atoms with van der Waals surface area (Å²) in [5.74, 6) is -0.488. The fourth-order valence-corrected chi connectivity index (χ4v) is 4.38. The first-order valence-electron chi connectivity index (χ1n) is 9.84. The van der Waals surface area contributed by atoms with Crippen LogP contribution < -0.4 is 13.8 Å². The van der Waals surface area contributed by atoms with Gasteiger partial charge in [-0.05, 0) is 29.3 Å². The number of anilines is 1. The van der Waals surface area contributed by atoms with E-state index in [1.807, 2.05) is 41.1 Å². The van der Waals surface area contributed by atoms with Gasteiger partial charge in [0, 0.05) is 5.56 Å². The fourth-order valence-electron chi connectivity index (χ4n) is 3.22. The molecule has 32 heavy (non-hydrogen) atoms. The van der Waals surface area contributed by atoms with E-state index in [4.69, 9.17) is 4.74 Å². The number of nitrogens with one attached hydrogen (secondary N) is 1. The molecule has 0 bridgehead atoms. The zero-order valence-corrected chi connectivity index (χ0v) is 17.8. The van der Waals surface area contributed by atoms with E-state index in [9.17, 15) is 18.0 Å². The van der Waals surface area contributed by atoms with E-state index in [-0.39, 0.29) is 30.4 Å². The number of benzene rings is 3. The van der Waals surface area contributed by atoms with Crippen LogP contribution in [0.15, 0.2) is 84.9 Å². The van der Waals surface area contributed by atoms with Crippen molar-refractivity contribution in [2.45, 2.75) is 6.61 Å². The Morgan fingerprint density at radius 3 is 2.34 bits per heavy atom. The molecule has 7 nitrogen and oxygen atoms in total. The van der Waals surface area contributed by atoms with Crippen molar-refractivity contribution >= 4 is 33.7 Å². The van der Waals surface area contributed by atoms with Crippen molar-refractivity contribution in [3.63, 3.8) is 0 Å². The molecule has 1 fully saturated rings. The van der Waals surface area contributed by atoms with Crippen molar-refractivity contribution in [2.75, 3.05) is 10.8 Å². The first-order valence-corrected chi connectivity index (χ1v) is 11.3. The van der Waals surface area contributed by atoms with Gasteiger partial charge in [-0.15, -0.1) is 0 Å². The van der Waals surface area contributed by atoms with E-state index >= 15 is 0 Å². The molecule has 1 heterocycles. The predicted molar refractivity (Wildman–Crippen MR) is 121 cm³/mol. The van der Waals surface area contributed by atoms with Gasteiger partial charge in [0.15, 0.2) is 5.78 Å².